The van der Waals surface area contributed by atoms with Crippen LogP contribution < -0.4 is 11.1 Å². The van der Waals surface area contributed by atoms with Crippen LogP contribution >= 0.6 is 23.8 Å². The molecule has 0 saturated heterocycles. The van der Waals surface area contributed by atoms with Crippen LogP contribution in [0.5, 0.6) is 0 Å². The Balaban J connectivity index is 2.05. The molecule has 0 bridgehead atoms. The van der Waals surface area contributed by atoms with Crippen LogP contribution in [0.3, 0.4) is 0 Å². The van der Waals surface area contributed by atoms with Crippen LogP contribution in [0, 0.1) is 0 Å². The van der Waals surface area contributed by atoms with E-state index in [-0.39, 0.29) is 0 Å². The molecule has 0 amide bonds. The van der Waals surface area contributed by atoms with E-state index in [1.54, 1.807) is 12.3 Å². The number of aryl methyl sites for hydroxylation is 1. The van der Waals surface area contributed by atoms with Gasteiger partial charge in [-0.25, -0.2) is 0 Å². The lowest BCUT2D eigenvalue weighted by Gasteiger charge is -2.11. The fourth-order valence-electron chi connectivity index (χ4n) is 1.85. The van der Waals surface area contributed by atoms with E-state index in [1.807, 2.05) is 29.9 Å². The molecule has 0 saturated carbocycles. The number of aromatic nitrogens is 2. The first-order valence-electron chi connectivity index (χ1n) is 5.88. The number of nitrogens with two attached hydrogens (primary N) is 1. The summed E-state index contributed by atoms with van der Waals surface area (Å²) in [5, 5.41) is 8.09. The average Bonchev–Trinajstić information content (AvgIpc) is 2.75. The zero-order valence-electron chi connectivity index (χ0n) is 10.6. The minimum absolute atomic E-state index is 0.361. The smallest absolute Gasteiger partial charge is 0.106 e. The van der Waals surface area contributed by atoms with Gasteiger partial charge in [-0.2, -0.15) is 5.10 Å². The molecule has 0 aliphatic carbocycles. The van der Waals surface area contributed by atoms with Gasteiger partial charge in [0.2, 0.25) is 0 Å². The van der Waals surface area contributed by atoms with Crippen molar-refractivity contribution in [3.8, 4) is 0 Å². The Morgan fingerprint density at radius 3 is 2.89 bits per heavy atom. The van der Waals surface area contributed by atoms with E-state index in [0.717, 1.165) is 29.9 Å². The molecule has 19 heavy (non-hydrogen) atoms. The highest BCUT2D eigenvalue weighted by Crippen LogP contribution is 2.21. The van der Waals surface area contributed by atoms with E-state index >= 15 is 0 Å². The molecule has 4 nitrogen and oxygen atoms in total. The number of thiocarbonyl (C=S) groups is 1. The fourth-order valence-corrected chi connectivity index (χ4v) is 2.20. The first-order chi connectivity index (χ1) is 9.08. The van der Waals surface area contributed by atoms with E-state index in [4.69, 9.17) is 29.6 Å². The first-order valence-corrected chi connectivity index (χ1v) is 6.66. The quantitative estimate of drug-likeness (QED) is 0.831. The van der Waals surface area contributed by atoms with Gasteiger partial charge in [0.1, 0.15) is 4.99 Å². The maximum Gasteiger partial charge on any atom is 0.106 e. The molecule has 2 aromatic rings. The number of halogens is 1. The lowest BCUT2D eigenvalue weighted by atomic mass is 10.1. The van der Waals surface area contributed by atoms with Gasteiger partial charge in [-0.05, 0) is 24.3 Å². The molecule has 0 fully saturated rings. The summed E-state index contributed by atoms with van der Waals surface area (Å²) in [5.74, 6) is 0. The van der Waals surface area contributed by atoms with Crippen molar-refractivity contribution in [3.63, 3.8) is 0 Å². The number of hydrogen-bond donors (Lipinski definition) is 2. The summed E-state index contributed by atoms with van der Waals surface area (Å²) in [6.45, 7) is 0.759. The summed E-state index contributed by atoms with van der Waals surface area (Å²) in [4.78, 5) is 0.361. The van der Waals surface area contributed by atoms with Gasteiger partial charge in [0, 0.05) is 48.2 Å². The zero-order valence-corrected chi connectivity index (χ0v) is 12.1. The topological polar surface area (TPSA) is 55.9 Å². The molecule has 6 heteroatoms. The van der Waals surface area contributed by atoms with Crippen molar-refractivity contribution in [2.75, 3.05) is 11.9 Å². The number of rotatable bonds is 5. The lowest BCUT2D eigenvalue weighted by Crippen LogP contribution is -2.15. The Labute approximate surface area is 122 Å². The molecule has 2 rings (SSSR count). The van der Waals surface area contributed by atoms with Gasteiger partial charge >= 0.3 is 0 Å². The number of benzene rings is 1. The summed E-state index contributed by atoms with van der Waals surface area (Å²) >= 11 is 11.0. The molecular weight excluding hydrogens is 280 g/mol. The maximum atomic E-state index is 5.99. The van der Waals surface area contributed by atoms with Gasteiger partial charge in [0.25, 0.3) is 0 Å². The van der Waals surface area contributed by atoms with Gasteiger partial charge in [-0.1, -0.05) is 23.8 Å². The van der Waals surface area contributed by atoms with Crippen LogP contribution in [0.25, 0.3) is 0 Å². The standard InChI is InChI=1S/C13H15ClN4S/c1-18-10(5-7-17-18)4-6-16-12-8-9(14)2-3-11(12)13(15)19/h2-3,5,7-8,16H,4,6H2,1H3,(H2,15,19). The monoisotopic (exact) mass is 294 g/mol. The summed E-state index contributed by atoms with van der Waals surface area (Å²) < 4.78 is 1.86. The normalized spacial score (nSPS) is 10.4. The SMILES string of the molecule is Cn1nccc1CCNc1cc(Cl)ccc1C(N)=S. The molecule has 0 radical (unpaired) electrons. The van der Waals surface area contributed by atoms with Crippen molar-refractivity contribution in [2.24, 2.45) is 12.8 Å². The number of nitrogens with zero attached hydrogens (tertiary/aromatic N) is 2. The van der Waals surface area contributed by atoms with Gasteiger partial charge in [0.05, 0.1) is 0 Å². The number of anilines is 1. The van der Waals surface area contributed by atoms with Gasteiger partial charge < -0.3 is 11.1 Å². The Hall–Kier alpha value is -1.59. The second-order valence-corrected chi connectivity index (χ2v) is 5.05. The number of nitrogens with one attached hydrogen (secondary N) is 1. The van der Waals surface area contributed by atoms with Gasteiger partial charge in [-0.15, -0.1) is 0 Å². The minimum Gasteiger partial charge on any atom is -0.389 e. The summed E-state index contributed by atoms with van der Waals surface area (Å²) in [7, 11) is 1.93. The first kappa shape index (κ1) is 13.8. The molecular formula is C13H15ClN4S. The third-order valence-electron chi connectivity index (χ3n) is 2.87. The minimum atomic E-state index is 0.361. The Kier molecular flexibility index (Phi) is 4.39. The zero-order chi connectivity index (χ0) is 13.8. The van der Waals surface area contributed by atoms with Gasteiger partial charge in [0.15, 0.2) is 0 Å². The van der Waals surface area contributed by atoms with Crippen LogP contribution in [0.1, 0.15) is 11.3 Å². The second kappa shape index (κ2) is 6.04. The van der Waals surface area contributed by atoms with E-state index < -0.39 is 0 Å². The van der Waals surface area contributed by atoms with Crippen molar-refractivity contribution in [1.29, 1.82) is 0 Å². The number of hydrogen-bond acceptors (Lipinski definition) is 3. The van der Waals surface area contributed by atoms with Crippen molar-refractivity contribution >= 4 is 34.5 Å². The molecule has 1 aromatic carbocycles. The highest BCUT2D eigenvalue weighted by atomic mass is 35.5. The van der Waals surface area contributed by atoms with Crippen LogP contribution in [-0.4, -0.2) is 21.3 Å². The molecule has 3 N–H and O–H groups in total. The van der Waals surface area contributed by atoms with Crippen LogP contribution in [0.15, 0.2) is 30.5 Å². The summed E-state index contributed by atoms with van der Waals surface area (Å²) in [5.41, 5.74) is 8.52. The van der Waals surface area contributed by atoms with Crippen molar-refractivity contribution < 1.29 is 0 Å². The third-order valence-corrected chi connectivity index (χ3v) is 3.32. The van der Waals surface area contributed by atoms with Crippen molar-refractivity contribution in [3.05, 3.63) is 46.7 Å². The molecule has 100 valence electrons. The summed E-state index contributed by atoms with van der Waals surface area (Å²) in [6, 6.07) is 7.44. The van der Waals surface area contributed by atoms with Crippen molar-refractivity contribution in [1.82, 2.24) is 9.78 Å². The molecule has 0 atom stereocenters. The average molecular weight is 295 g/mol. The molecule has 0 unspecified atom stereocenters. The Morgan fingerprint density at radius 1 is 1.47 bits per heavy atom. The van der Waals surface area contributed by atoms with E-state index in [0.29, 0.717) is 10.0 Å². The van der Waals surface area contributed by atoms with Crippen LogP contribution in [0.2, 0.25) is 5.02 Å². The van der Waals surface area contributed by atoms with E-state index in [9.17, 15) is 0 Å². The Morgan fingerprint density at radius 2 is 2.26 bits per heavy atom. The molecule has 1 aromatic heterocycles. The summed E-state index contributed by atoms with van der Waals surface area (Å²) in [6.07, 6.45) is 2.65. The predicted octanol–water partition coefficient (Wildman–Crippen LogP) is 2.36. The van der Waals surface area contributed by atoms with Gasteiger partial charge in [-0.3, -0.25) is 4.68 Å². The highest BCUT2D eigenvalue weighted by molar-refractivity contribution is 7.80. The maximum absolute atomic E-state index is 5.99. The second-order valence-electron chi connectivity index (χ2n) is 4.18. The van der Waals surface area contributed by atoms with Crippen molar-refractivity contribution in [2.45, 2.75) is 6.42 Å². The molecule has 0 aliphatic heterocycles. The molecule has 0 spiro atoms. The largest absolute Gasteiger partial charge is 0.389 e. The predicted molar refractivity (Wildman–Crippen MR) is 82.7 cm³/mol. The Bertz CT molecular complexity index is 594. The van der Waals surface area contributed by atoms with E-state index in [2.05, 4.69) is 10.4 Å². The van der Waals surface area contributed by atoms with E-state index in [1.165, 1.54) is 0 Å². The van der Waals surface area contributed by atoms with Crippen LogP contribution in [-0.2, 0) is 13.5 Å². The lowest BCUT2D eigenvalue weighted by molar-refractivity contribution is 0.711. The third kappa shape index (κ3) is 3.45. The highest BCUT2D eigenvalue weighted by Gasteiger charge is 2.06. The van der Waals surface area contributed by atoms with Crippen LogP contribution in [0.4, 0.5) is 5.69 Å². The molecule has 1 heterocycles. The molecule has 0 aliphatic rings. The fraction of sp³-hybridized carbons (Fsp3) is 0.231.